The fourth-order valence-electron chi connectivity index (χ4n) is 1.91. The molecule has 3 aliphatic heterocycles. The predicted molar refractivity (Wildman–Crippen MR) is 223 cm³/mol. The van der Waals surface area contributed by atoms with Gasteiger partial charge in [0.15, 0.2) is 36.6 Å². The van der Waals surface area contributed by atoms with Crippen LogP contribution in [0.3, 0.4) is 0 Å². The van der Waals surface area contributed by atoms with E-state index in [1.807, 2.05) is 0 Å². The molecule has 44 nitrogen and oxygen atoms in total. The van der Waals surface area contributed by atoms with Crippen molar-refractivity contribution in [3.63, 3.8) is 0 Å². The first-order valence-electron chi connectivity index (χ1n) is 14.9. The van der Waals surface area contributed by atoms with Gasteiger partial charge < -0.3 is 182 Å². The quantitative estimate of drug-likeness (QED) is 0.0940. The molecule has 82 heavy (non-hydrogen) atoms. The van der Waals surface area contributed by atoms with Gasteiger partial charge in [-0.15, -0.1) is 0 Å². The molecule has 0 aromatic carbocycles. The van der Waals surface area contributed by atoms with Crippen molar-refractivity contribution in [1.82, 2.24) is 0 Å². The van der Waals surface area contributed by atoms with Gasteiger partial charge in [0, 0.05) is 0 Å². The second-order valence-electron chi connectivity index (χ2n) is 10.1. The molecule has 0 aromatic heterocycles. The average Bonchev–Trinajstić information content (AvgIpc) is 2.96. The maximum Gasteiger partial charge on any atom is 2.00 e. The summed E-state index contributed by atoms with van der Waals surface area (Å²) in [5, 5.41) is 0. The van der Waals surface area contributed by atoms with E-state index in [-0.39, 0.29) is 453 Å². The minimum atomic E-state index is -5.39. The molecule has 0 aliphatic carbocycles. The average molecular weight is 1670 g/mol. The summed E-state index contributed by atoms with van der Waals surface area (Å²) in [5.74, 6) is -2.88. The molecule has 3 rings (SSSR count). The van der Waals surface area contributed by atoms with Gasteiger partial charge in [0.05, 0.1) is 0 Å². The number of hydrogen-bond donors (Lipinski definition) is 0. The summed E-state index contributed by atoms with van der Waals surface area (Å²) in [5.41, 5.74) is 0. The van der Waals surface area contributed by atoms with Crippen LogP contribution < -0.4 is 117 Å². The molecule has 3 heterocycles. The molecule has 3 fully saturated rings. The molecule has 6 atom stereocenters. The van der Waals surface area contributed by atoms with Gasteiger partial charge in [-0.3, -0.25) is 0 Å². The van der Waals surface area contributed by atoms with Gasteiger partial charge in [0.2, 0.25) is 0 Å². The number of ether oxygens (including phenoxy) is 6. The summed E-state index contributed by atoms with van der Waals surface area (Å²) in [7, 11) is -43.1. The molecule has 0 bridgehead atoms. The van der Waals surface area contributed by atoms with Crippen LogP contribution >= 0.6 is 62.6 Å². The first kappa shape index (κ1) is 149. The third-order valence-electron chi connectivity index (χ3n) is 3.75. The fourth-order valence-corrected chi connectivity index (χ4v) is 1.91. The summed E-state index contributed by atoms with van der Waals surface area (Å²) in [6, 6.07) is 0. The monoisotopic (exact) mass is 1670 g/mol. The van der Waals surface area contributed by atoms with Crippen LogP contribution in [-0.2, 0) is 93.7 Å². The van der Waals surface area contributed by atoms with Crippen molar-refractivity contribution < 1.29 is 211 Å². The number of esters is 6. The molecule has 0 saturated carbocycles. The third kappa shape index (κ3) is 212. The maximum absolute atomic E-state index is 10.7. The molecule has 0 amide bonds. The van der Waals surface area contributed by atoms with E-state index in [4.69, 9.17) is 154 Å². The van der Waals surface area contributed by atoms with Crippen LogP contribution in [0, 0.1) is 0 Å². The van der Waals surface area contributed by atoms with Crippen LogP contribution in [0.25, 0.3) is 0 Å². The Balaban J connectivity index is -0.0000000287. The van der Waals surface area contributed by atoms with E-state index in [9.17, 15) is 28.8 Å². The van der Waals surface area contributed by atoms with Gasteiger partial charge in [0.1, 0.15) is 0 Å². The summed E-state index contributed by atoms with van der Waals surface area (Å²) in [6.07, 6.45) is -4.48. The molecule has 424 valence electrons. The minimum Gasteiger partial charge on any atom is -0.822 e. The van der Waals surface area contributed by atoms with E-state index in [1.54, 1.807) is 0 Å². The SMILES string of the molecule is CC1OC(=O)C(C)OC1=O.CC1OC(=O)C(C)OC1=O.CC1OC(=O)C(C)OC1=O.O=P([O-])([O-])[O-].O=P([O-])([O-])[O-].O=P([O-])([O-])[O-].O=P([O-])([O-])[O-].O=P([O-])([O-])[O-].O=P([O-])([O-])[O-].O=P([O-])([O-])[O-].O=P([O-])([O-])[O-].[Ca+2].[Ca+2].[Ca+2].[Ca+2].[Ca+2].[Ca+2].[Ca+2].[Ca+2].[Ca+2].[Ca+2].[Ca+2].[Ca+2]. The van der Waals surface area contributed by atoms with Crippen molar-refractivity contribution in [2.45, 2.75) is 78.2 Å². The Bertz CT molecular complexity index is 1550. The van der Waals surface area contributed by atoms with Crippen molar-refractivity contribution in [3.8, 4) is 0 Å². The molecule has 0 aromatic rings. The Hall–Kier alpha value is 12.8. The van der Waals surface area contributed by atoms with Crippen molar-refractivity contribution in [1.29, 1.82) is 0 Å². The van der Waals surface area contributed by atoms with Crippen LogP contribution in [0.4, 0.5) is 0 Å². The Morgan fingerprint density at radius 2 is 0.232 bits per heavy atom. The summed E-state index contributed by atoms with van der Waals surface area (Å²) < 4.78 is 96.0. The van der Waals surface area contributed by atoms with Gasteiger partial charge in [-0.05, 0) is 41.5 Å². The van der Waals surface area contributed by atoms with Crippen LogP contribution in [0.15, 0.2) is 0 Å². The van der Waals surface area contributed by atoms with E-state index in [1.165, 1.54) is 41.5 Å². The molecule has 64 heteroatoms. The van der Waals surface area contributed by atoms with E-state index >= 15 is 0 Å². The van der Waals surface area contributed by atoms with E-state index < -0.39 is 135 Å². The number of rotatable bonds is 0. The zero-order valence-electron chi connectivity index (χ0n) is 42.5. The minimum absolute atomic E-state index is 0. The van der Waals surface area contributed by atoms with Gasteiger partial charge in [-0.2, -0.15) is 62.6 Å². The zero-order valence-corrected chi connectivity index (χ0v) is 76.1. The molecule has 0 N–H and O–H groups in total. The molecule has 0 radical (unpaired) electrons. The van der Waals surface area contributed by atoms with E-state index in [0.717, 1.165) is 0 Å². The van der Waals surface area contributed by atoms with Crippen LogP contribution in [0.5, 0.6) is 0 Å². The van der Waals surface area contributed by atoms with Gasteiger partial charge in [0.25, 0.3) is 0 Å². The van der Waals surface area contributed by atoms with Crippen LogP contribution in [-0.4, -0.2) is 525 Å². The van der Waals surface area contributed by atoms with Crippen molar-refractivity contribution >= 4 is 551 Å². The van der Waals surface area contributed by atoms with Crippen molar-refractivity contribution in [2.75, 3.05) is 0 Å². The fraction of sp³-hybridized carbons (Fsp3) is 0.667. The second kappa shape index (κ2) is 76.5. The van der Waals surface area contributed by atoms with Crippen molar-refractivity contribution in [3.05, 3.63) is 0 Å². The largest absolute Gasteiger partial charge is 2.00 e. The van der Waals surface area contributed by atoms with E-state index in [0.29, 0.717) is 0 Å². The number of hydrogen-bond acceptors (Lipinski definition) is 44. The van der Waals surface area contributed by atoms with E-state index in [2.05, 4.69) is 28.4 Å². The molecule has 3 saturated heterocycles. The predicted octanol–water partition coefficient (Wildman–Crippen LogP) is -27.6. The number of carbonyl (C=O) groups excluding carboxylic acids is 6. The maximum atomic E-state index is 10.7. The third-order valence-corrected chi connectivity index (χ3v) is 3.75. The first-order chi connectivity index (χ1) is 29.8. The summed E-state index contributed by atoms with van der Waals surface area (Å²) >= 11 is 0. The summed E-state index contributed by atoms with van der Waals surface area (Å²) in [4.78, 5) is 269. The molecule has 3 aliphatic rings. The molecule has 6 unspecified atom stereocenters. The van der Waals surface area contributed by atoms with Crippen LogP contribution in [0.1, 0.15) is 41.5 Å². The zero-order chi connectivity index (χ0) is 59.2. The number of cyclic esters (lactones) is 6. The second-order valence-corrected chi connectivity index (χ2v) is 17.2. The molecule has 0 spiro atoms. The van der Waals surface area contributed by atoms with Crippen molar-refractivity contribution in [2.24, 2.45) is 0 Å². The summed E-state index contributed by atoms with van der Waals surface area (Å²) in [6.45, 7) is 8.87. The smallest absolute Gasteiger partial charge is 0.822 e. The Morgan fingerprint density at radius 1 is 0.195 bits per heavy atom. The Morgan fingerprint density at radius 3 is 0.268 bits per heavy atom. The van der Waals surface area contributed by atoms with Gasteiger partial charge in [-0.25, -0.2) is 28.8 Å². The molecular weight excluding hydrogens is 1650 g/mol. The normalized spacial score (nSPS) is 17.8. The van der Waals surface area contributed by atoms with Crippen LogP contribution in [0.2, 0.25) is 0 Å². The molecular formula is C18H24Ca12O44P8. The van der Waals surface area contributed by atoms with Gasteiger partial charge in [-0.1, -0.05) is 0 Å². The van der Waals surface area contributed by atoms with Gasteiger partial charge >= 0.3 is 489 Å². The first-order valence-corrected chi connectivity index (χ1v) is 26.6. The Kier molecular flexibility index (Phi) is 139. The standard InChI is InChI=1S/3C6H8O4.12Ca.8H3O4P/c3*1-3-5(7)10-4(2)6(8)9-3;;;;;;;;;;;;;8*1-5(2,3)4/h3*3-4H,1-2H3;;;;;;;;;;;;;8*(H3,1,2,3,4)/q;;;12*+2;;;;;;;;/p-24. The Labute approximate surface area is 820 Å². The topological polar surface area (TPSA) is 848 Å². The number of carbonyl (C=O) groups is 6. The number of phosphoric acid groups is 8.